The molecular formula is C14H17NO3S. The van der Waals surface area contributed by atoms with Gasteiger partial charge in [-0.2, -0.15) is 0 Å². The third-order valence-corrected chi connectivity index (χ3v) is 4.48. The lowest BCUT2D eigenvalue weighted by molar-refractivity contribution is -0.146. The van der Waals surface area contributed by atoms with Crippen molar-refractivity contribution in [3.8, 4) is 0 Å². The highest BCUT2D eigenvalue weighted by molar-refractivity contribution is 7.99. The van der Waals surface area contributed by atoms with Crippen LogP contribution >= 0.6 is 11.8 Å². The highest BCUT2D eigenvalue weighted by atomic mass is 32.2. The van der Waals surface area contributed by atoms with Gasteiger partial charge in [-0.1, -0.05) is 18.2 Å². The Labute approximate surface area is 116 Å². The Morgan fingerprint density at radius 3 is 2.79 bits per heavy atom. The van der Waals surface area contributed by atoms with Crippen LogP contribution in [0.1, 0.15) is 25.3 Å². The Hall–Kier alpha value is -1.49. The molecule has 1 aliphatic rings. The summed E-state index contributed by atoms with van der Waals surface area (Å²) >= 11 is 1.67. The molecule has 0 spiro atoms. The van der Waals surface area contributed by atoms with Crippen LogP contribution in [0.15, 0.2) is 29.2 Å². The quantitative estimate of drug-likeness (QED) is 0.886. The second-order valence-electron chi connectivity index (χ2n) is 5.31. The zero-order valence-electron chi connectivity index (χ0n) is 11.0. The first-order valence-electron chi connectivity index (χ1n) is 6.14. The molecule has 0 aliphatic carbocycles. The highest BCUT2D eigenvalue weighted by Gasteiger charge is 2.32. The molecule has 0 saturated heterocycles. The summed E-state index contributed by atoms with van der Waals surface area (Å²) in [6, 6.07) is 7.85. The average molecular weight is 279 g/mol. The second kappa shape index (κ2) is 5.25. The molecule has 4 nitrogen and oxygen atoms in total. The molecule has 1 aliphatic heterocycles. The molecule has 19 heavy (non-hydrogen) atoms. The van der Waals surface area contributed by atoms with Crippen LogP contribution in [-0.4, -0.2) is 29.3 Å². The summed E-state index contributed by atoms with van der Waals surface area (Å²) in [4.78, 5) is 24.3. The van der Waals surface area contributed by atoms with E-state index in [4.69, 9.17) is 5.11 Å². The van der Waals surface area contributed by atoms with Gasteiger partial charge in [0.25, 0.3) is 0 Å². The summed E-state index contributed by atoms with van der Waals surface area (Å²) in [5.74, 6) is -0.454. The fraction of sp³-hybridized carbons (Fsp3) is 0.429. The first-order valence-corrected chi connectivity index (χ1v) is 7.13. The number of aliphatic carboxylic acids is 1. The average Bonchev–Trinajstić information content (AvgIpc) is 2.79. The van der Waals surface area contributed by atoms with Crippen LogP contribution in [-0.2, 0) is 9.59 Å². The van der Waals surface area contributed by atoms with Crippen molar-refractivity contribution in [1.29, 1.82) is 0 Å². The third-order valence-electron chi connectivity index (χ3n) is 3.30. The lowest BCUT2D eigenvalue weighted by Crippen LogP contribution is -2.40. The van der Waals surface area contributed by atoms with Crippen LogP contribution in [0.5, 0.6) is 0 Å². The minimum absolute atomic E-state index is 0.0909. The van der Waals surface area contributed by atoms with Crippen LogP contribution in [0, 0.1) is 5.41 Å². The SMILES string of the molecule is CC(C)(CNC(=O)C1CSc2ccccc21)C(=O)O. The first kappa shape index (κ1) is 13.9. The number of carboxylic acid groups (broad SMARTS) is 1. The van der Waals surface area contributed by atoms with Crippen LogP contribution in [0.4, 0.5) is 0 Å². The number of amides is 1. The number of thioether (sulfide) groups is 1. The van der Waals surface area contributed by atoms with Crippen molar-refractivity contribution in [2.24, 2.45) is 5.41 Å². The van der Waals surface area contributed by atoms with E-state index in [0.717, 1.165) is 16.2 Å². The zero-order chi connectivity index (χ0) is 14.0. The monoisotopic (exact) mass is 279 g/mol. The van der Waals surface area contributed by atoms with Crippen molar-refractivity contribution in [3.05, 3.63) is 29.8 Å². The van der Waals surface area contributed by atoms with Gasteiger partial charge in [0.1, 0.15) is 0 Å². The Kier molecular flexibility index (Phi) is 3.85. The molecule has 0 fully saturated rings. The zero-order valence-corrected chi connectivity index (χ0v) is 11.8. The molecule has 0 bridgehead atoms. The molecule has 102 valence electrons. The molecule has 0 radical (unpaired) electrons. The van der Waals surface area contributed by atoms with Crippen molar-refractivity contribution in [2.75, 3.05) is 12.3 Å². The van der Waals surface area contributed by atoms with Gasteiger partial charge in [0.15, 0.2) is 0 Å². The predicted molar refractivity (Wildman–Crippen MR) is 74.3 cm³/mol. The van der Waals surface area contributed by atoms with E-state index in [-0.39, 0.29) is 18.4 Å². The van der Waals surface area contributed by atoms with Gasteiger partial charge in [-0.15, -0.1) is 11.8 Å². The molecule has 1 amide bonds. The largest absolute Gasteiger partial charge is 0.481 e. The lowest BCUT2D eigenvalue weighted by Gasteiger charge is -2.21. The predicted octanol–water partition coefficient (Wildman–Crippen LogP) is 2.10. The molecule has 1 atom stereocenters. The van der Waals surface area contributed by atoms with Gasteiger partial charge in [0.05, 0.1) is 11.3 Å². The smallest absolute Gasteiger partial charge is 0.310 e. The second-order valence-corrected chi connectivity index (χ2v) is 6.37. The molecule has 1 aromatic carbocycles. The van der Waals surface area contributed by atoms with E-state index < -0.39 is 11.4 Å². The van der Waals surface area contributed by atoms with Gasteiger partial charge in [0, 0.05) is 17.2 Å². The number of carboxylic acids is 1. The summed E-state index contributed by atoms with van der Waals surface area (Å²) in [6.07, 6.45) is 0. The van der Waals surface area contributed by atoms with Gasteiger partial charge in [-0.3, -0.25) is 9.59 Å². The number of hydrogen-bond acceptors (Lipinski definition) is 3. The molecular weight excluding hydrogens is 262 g/mol. The van der Waals surface area contributed by atoms with Crippen molar-refractivity contribution < 1.29 is 14.7 Å². The van der Waals surface area contributed by atoms with Gasteiger partial charge >= 0.3 is 5.97 Å². The molecule has 5 heteroatoms. The van der Waals surface area contributed by atoms with E-state index in [9.17, 15) is 9.59 Å². The molecule has 1 heterocycles. The number of benzene rings is 1. The van der Waals surface area contributed by atoms with Crippen molar-refractivity contribution in [1.82, 2.24) is 5.32 Å². The van der Waals surface area contributed by atoms with Crippen molar-refractivity contribution >= 4 is 23.6 Å². The van der Waals surface area contributed by atoms with Crippen LogP contribution in [0.3, 0.4) is 0 Å². The number of hydrogen-bond donors (Lipinski definition) is 2. The van der Waals surface area contributed by atoms with E-state index in [0.29, 0.717) is 0 Å². The third kappa shape index (κ3) is 2.92. The number of carbonyl (C=O) groups is 2. The minimum atomic E-state index is -0.944. The number of nitrogens with one attached hydrogen (secondary N) is 1. The van der Waals surface area contributed by atoms with Crippen molar-refractivity contribution in [2.45, 2.75) is 24.7 Å². The van der Waals surface area contributed by atoms with Gasteiger partial charge in [-0.05, 0) is 25.5 Å². The van der Waals surface area contributed by atoms with E-state index in [1.807, 2.05) is 24.3 Å². The molecule has 1 aromatic rings. The first-order chi connectivity index (χ1) is 8.92. The molecule has 1 unspecified atom stereocenters. The summed E-state index contributed by atoms with van der Waals surface area (Å²) in [7, 11) is 0. The fourth-order valence-electron chi connectivity index (χ4n) is 1.89. The fourth-order valence-corrected chi connectivity index (χ4v) is 3.12. The normalized spacial score (nSPS) is 17.9. The molecule has 2 N–H and O–H groups in total. The number of carbonyl (C=O) groups excluding carboxylic acids is 1. The van der Waals surface area contributed by atoms with Gasteiger partial charge in [-0.25, -0.2) is 0 Å². The van der Waals surface area contributed by atoms with E-state index in [1.54, 1.807) is 25.6 Å². The summed E-state index contributed by atoms with van der Waals surface area (Å²) in [6.45, 7) is 3.35. The highest BCUT2D eigenvalue weighted by Crippen LogP contribution is 2.39. The Morgan fingerprint density at radius 2 is 2.11 bits per heavy atom. The van der Waals surface area contributed by atoms with Crippen molar-refractivity contribution in [3.63, 3.8) is 0 Å². The molecule has 0 saturated carbocycles. The van der Waals surface area contributed by atoms with Crippen LogP contribution in [0.2, 0.25) is 0 Å². The van der Waals surface area contributed by atoms with E-state index in [1.165, 1.54) is 0 Å². The summed E-state index contributed by atoms with van der Waals surface area (Å²) < 4.78 is 0. The van der Waals surface area contributed by atoms with E-state index in [2.05, 4.69) is 5.32 Å². The maximum absolute atomic E-state index is 12.2. The topological polar surface area (TPSA) is 66.4 Å². The Balaban J connectivity index is 2.01. The minimum Gasteiger partial charge on any atom is -0.481 e. The number of rotatable bonds is 4. The van der Waals surface area contributed by atoms with E-state index >= 15 is 0 Å². The molecule has 2 rings (SSSR count). The Bertz CT molecular complexity index is 513. The van der Waals surface area contributed by atoms with Crippen LogP contribution in [0.25, 0.3) is 0 Å². The Morgan fingerprint density at radius 1 is 1.42 bits per heavy atom. The maximum Gasteiger partial charge on any atom is 0.310 e. The maximum atomic E-state index is 12.2. The van der Waals surface area contributed by atoms with Gasteiger partial charge in [0.2, 0.25) is 5.91 Å². The lowest BCUT2D eigenvalue weighted by atomic mass is 9.93. The number of fused-ring (bicyclic) bond motifs is 1. The summed E-state index contributed by atoms with van der Waals surface area (Å²) in [5.41, 5.74) is 0.0964. The van der Waals surface area contributed by atoms with Crippen LogP contribution < -0.4 is 5.32 Å². The molecule has 0 aromatic heterocycles. The standard InChI is InChI=1S/C14H17NO3S/c1-14(2,13(17)18)8-15-12(16)10-7-19-11-6-4-3-5-9(10)11/h3-6,10H,7-8H2,1-2H3,(H,15,16)(H,17,18). The summed E-state index contributed by atoms with van der Waals surface area (Å²) in [5, 5.41) is 11.8. The van der Waals surface area contributed by atoms with Gasteiger partial charge < -0.3 is 10.4 Å².